The molecule has 0 saturated carbocycles. The van der Waals surface area contributed by atoms with Gasteiger partial charge in [-0.05, 0) is 42.5 Å². The molecule has 0 saturated heterocycles. The first kappa shape index (κ1) is 25.6. The number of hydrogen-bond acceptors (Lipinski definition) is 8. The highest BCUT2D eigenvalue weighted by Gasteiger charge is 2.21. The predicted octanol–water partition coefficient (Wildman–Crippen LogP) is 4.68. The molecule has 0 unspecified atom stereocenters. The van der Waals surface area contributed by atoms with E-state index in [1.165, 1.54) is 60.7 Å². The van der Waals surface area contributed by atoms with Gasteiger partial charge in [0.1, 0.15) is 39.7 Å². The number of para-hydroxylation sites is 4. The van der Waals surface area contributed by atoms with Crippen molar-refractivity contribution in [2.24, 2.45) is 0 Å². The molecule has 190 valence electrons. The van der Waals surface area contributed by atoms with Crippen LogP contribution in [0.25, 0.3) is 0 Å². The average molecular weight is 512 g/mol. The van der Waals surface area contributed by atoms with Crippen LogP contribution in [0.5, 0.6) is 23.0 Å². The first-order valence-electron chi connectivity index (χ1n) is 11.3. The summed E-state index contributed by atoms with van der Waals surface area (Å²) in [5.41, 5.74) is -0.0101. The molecule has 0 aliphatic rings. The van der Waals surface area contributed by atoms with Crippen LogP contribution < -0.4 is 14.2 Å². The van der Waals surface area contributed by atoms with E-state index in [0.717, 1.165) is 0 Å². The lowest BCUT2D eigenvalue weighted by atomic mass is 10.1. The Bertz CT molecular complexity index is 1520. The molecule has 0 aliphatic carbocycles. The molecular weight excluding hydrogens is 492 g/mol. The maximum absolute atomic E-state index is 12.8. The van der Waals surface area contributed by atoms with Crippen LogP contribution in [0.2, 0.25) is 0 Å². The second-order valence-electron chi connectivity index (χ2n) is 7.85. The normalized spacial score (nSPS) is 10.3. The molecule has 0 fully saturated rings. The van der Waals surface area contributed by atoms with Crippen molar-refractivity contribution in [3.05, 3.63) is 119 Å². The van der Waals surface area contributed by atoms with Crippen molar-refractivity contribution < 1.29 is 43.6 Å². The van der Waals surface area contributed by atoms with Crippen molar-refractivity contribution >= 4 is 23.9 Å². The van der Waals surface area contributed by atoms with Gasteiger partial charge in [0.05, 0.1) is 6.42 Å². The Balaban J connectivity index is 1.49. The summed E-state index contributed by atoms with van der Waals surface area (Å²) in [7, 11) is 0. The quantitative estimate of drug-likeness (QED) is 0.255. The molecule has 0 aromatic heterocycles. The van der Waals surface area contributed by atoms with E-state index in [1.54, 1.807) is 36.4 Å². The molecule has 4 aromatic rings. The monoisotopic (exact) mass is 512 g/mol. The Labute approximate surface area is 216 Å². The van der Waals surface area contributed by atoms with Crippen LogP contribution in [0.1, 0.15) is 36.6 Å². The van der Waals surface area contributed by atoms with E-state index >= 15 is 0 Å². The molecule has 9 heteroatoms. The number of hydrogen-bond donors (Lipinski definition) is 2. The topological polar surface area (TPSA) is 136 Å². The maximum Gasteiger partial charge on any atom is 0.347 e. The molecule has 0 amide bonds. The smallest absolute Gasteiger partial charge is 0.347 e. The Hall–Kier alpha value is -5.44. The lowest BCUT2D eigenvalue weighted by Gasteiger charge is -2.12. The minimum atomic E-state index is -1.27. The minimum absolute atomic E-state index is 0.0400. The zero-order chi connectivity index (χ0) is 27.1. The third-order valence-electron chi connectivity index (χ3n) is 5.28. The minimum Gasteiger partial charge on any atom is -0.507 e. The van der Waals surface area contributed by atoms with Gasteiger partial charge < -0.3 is 24.4 Å². The number of carboxylic acid groups (broad SMARTS) is 1. The van der Waals surface area contributed by atoms with Crippen LogP contribution in [0.3, 0.4) is 0 Å². The summed E-state index contributed by atoms with van der Waals surface area (Å²) >= 11 is 0. The molecule has 0 radical (unpaired) electrons. The summed E-state index contributed by atoms with van der Waals surface area (Å²) in [5.74, 6) is -4.17. The summed E-state index contributed by atoms with van der Waals surface area (Å²) in [6.45, 7) is 0. The molecule has 4 aromatic carbocycles. The van der Waals surface area contributed by atoms with Gasteiger partial charge in [0.15, 0.2) is 0 Å². The van der Waals surface area contributed by atoms with E-state index in [9.17, 15) is 29.4 Å². The molecule has 9 nitrogen and oxygen atoms in total. The largest absolute Gasteiger partial charge is 0.507 e. The lowest BCUT2D eigenvalue weighted by Crippen LogP contribution is -2.17. The van der Waals surface area contributed by atoms with Gasteiger partial charge >= 0.3 is 23.9 Å². The van der Waals surface area contributed by atoms with Gasteiger partial charge in [-0.2, -0.15) is 0 Å². The zero-order valence-electron chi connectivity index (χ0n) is 19.7. The first-order chi connectivity index (χ1) is 18.3. The number of rotatable bonds is 8. The van der Waals surface area contributed by atoms with E-state index in [0.29, 0.717) is 5.56 Å². The van der Waals surface area contributed by atoms with Crippen molar-refractivity contribution in [2.45, 2.75) is 6.42 Å². The first-order valence-corrected chi connectivity index (χ1v) is 11.3. The third-order valence-corrected chi connectivity index (χ3v) is 5.28. The number of aromatic carboxylic acids is 1. The van der Waals surface area contributed by atoms with E-state index in [-0.39, 0.29) is 46.1 Å². The van der Waals surface area contributed by atoms with Gasteiger partial charge in [-0.15, -0.1) is 0 Å². The number of phenolic OH excluding ortho intramolecular Hbond substituents is 1. The number of carbonyl (C=O) groups is 4. The van der Waals surface area contributed by atoms with Crippen molar-refractivity contribution in [1.29, 1.82) is 0 Å². The van der Waals surface area contributed by atoms with Gasteiger partial charge in [0, 0.05) is 5.56 Å². The number of carbonyl (C=O) groups excluding carboxylic acids is 3. The second kappa shape index (κ2) is 11.5. The highest BCUT2D eigenvalue weighted by atomic mass is 16.6. The number of carboxylic acids is 1. The summed E-state index contributed by atoms with van der Waals surface area (Å²) in [4.78, 5) is 49.5. The number of benzene rings is 4. The molecule has 4 rings (SSSR count). The highest BCUT2D eigenvalue weighted by Crippen LogP contribution is 2.26. The lowest BCUT2D eigenvalue weighted by molar-refractivity contribution is -0.133. The average Bonchev–Trinajstić information content (AvgIpc) is 2.90. The number of esters is 3. The maximum atomic E-state index is 12.8. The van der Waals surface area contributed by atoms with Gasteiger partial charge in [0.2, 0.25) is 0 Å². The summed E-state index contributed by atoms with van der Waals surface area (Å²) < 4.78 is 16.1. The van der Waals surface area contributed by atoms with E-state index in [4.69, 9.17) is 14.2 Å². The zero-order valence-corrected chi connectivity index (χ0v) is 19.7. The molecule has 0 bridgehead atoms. The number of aromatic hydroxyl groups is 1. The van der Waals surface area contributed by atoms with Crippen molar-refractivity contribution in [2.75, 3.05) is 0 Å². The molecule has 0 aliphatic heterocycles. The fraction of sp³-hybridized carbons (Fsp3) is 0.0345. The summed E-state index contributed by atoms with van der Waals surface area (Å²) in [5, 5.41) is 19.2. The van der Waals surface area contributed by atoms with E-state index < -0.39 is 23.9 Å². The highest BCUT2D eigenvalue weighted by molar-refractivity contribution is 5.97. The van der Waals surface area contributed by atoms with Crippen LogP contribution in [0.4, 0.5) is 0 Å². The standard InChI is InChI=1S/C29H20O9/c30-22-13-5-2-10-19(22)28(34)37-23-14-6-1-9-18(23)17-26(31)36-25-16-8-4-12-21(25)29(35)38-24-15-7-3-11-20(24)27(32)33/h1-16,30H,17H2,(H,32,33). The number of ether oxygens (including phenoxy) is 3. The Morgan fingerprint density at radius 1 is 0.553 bits per heavy atom. The van der Waals surface area contributed by atoms with Crippen LogP contribution in [0.15, 0.2) is 97.1 Å². The molecular formula is C29H20O9. The molecule has 0 spiro atoms. The Kier molecular flexibility index (Phi) is 7.78. The Morgan fingerprint density at radius 3 is 1.68 bits per heavy atom. The van der Waals surface area contributed by atoms with E-state index in [2.05, 4.69) is 0 Å². The van der Waals surface area contributed by atoms with Gasteiger partial charge in [-0.3, -0.25) is 4.79 Å². The summed E-state index contributed by atoms with van der Waals surface area (Å²) in [6, 6.07) is 23.7. The van der Waals surface area contributed by atoms with Crippen molar-refractivity contribution in [3.63, 3.8) is 0 Å². The fourth-order valence-electron chi connectivity index (χ4n) is 3.48. The van der Waals surface area contributed by atoms with Crippen LogP contribution >= 0.6 is 0 Å². The summed E-state index contributed by atoms with van der Waals surface area (Å²) in [6.07, 6.45) is -0.310. The second-order valence-corrected chi connectivity index (χ2v) is 7.85. The third kappa shape index (κ3) is 6.03. The SMILES string of the molecule is O=C(Cc1ccccc1OC(=O)c1ccccc1O)Oc1ccccc1C(=O)Oc1ccccc1C(=O)O. The van der Waals surface area contributed by atoms with Crippen LogP contribution in [-0.2, 0) is 11.2 Å². The van der Waals surface area contributed by atoms with Gasteiger partial charge in [-0.25, -0.2) is 14.4 Å². The molecule has 0 atom stereocenters. The fourth-order valence-corrected chi connectivity index (χ4v) is 3.48. The Morgan fingerprint density at radius 2 is 1.03 bits per heavy atom. The van der Waals surface area contributed by atoms with Crippen LogP contribution in [-0.4, -0.2) is 34.1 Å². The van der Waals surface area contributed by atoms with Crippen molar-refractivity contribution in [3.8, 4) is 23.0 Å². The van der Waals surface area contributed by atoms with Gasteiger partial charge in [0.25, 0.3) is 0 Å². The van der Waals surface area contributed by atoms with Gasteiger partial charge in [-0.1, -0.05) is 54.6 Å². The van der Waals surface area contributed by atoms with E-state index in [1.807, 2.05) is 0 Å². The van der Waals surface area contributed by atoms with Crippen LogP contribution in [0, 0.1) is 0 Å². The molecule has 38 heavy (non-hydrogen) atoms. The predicted molar refractivity (Wildman–Crippen MR) is 134 cm³/mol. The molecule has 2 N–H and O–H groups in total. The number of phenols is 1. The molecule has 0 heterocycles. The van der Waals surface area contributed by atoms with Crippen molar-refractivity contribution in [1.82, 2.24) is 0 Å².